The fourth-order valence-electron chi connectivity index (χ4n) is 2.33. The van der Waals surface area contributed by atoms with E-state index in [0.29, 0.717) is 17.5 Å². The second-order valence-electron chi connectivity index (χ2n) is 5.16. The summed E-state index contributed by atoms with van der Waals surface area (Å²) in [6.07, 6.45) is 0.298. The summed E-state index contributed by atoms with van der Waals surface area (Å²) in [7, 11) is -6.95. The fourth-order valence-corrected chi connectivity index (χ4v) is 5.81. The van der Waals surface area contributed by atoms with Crippen molar-refractivity contribution in [3.8, 4) is 0 Å². The number of aryl methyl sites for hydroxylation is 2. The summed E-state index contributed by atoms with van der Waals surface area (Å²) >= 11 is 0. The van der Waals surface area contributed by atoms with Crippen molar-refractivity contribution in [2.24, 2.45) is 0 Å². The molecule has 20 heavy (non-hydrogen) atoms. The van der Waals surface area contributed by atoms with Crippen molar-refractivity contribution >= 4 is 25.5 Å². The van der Waals surface area contributed by atoms with Crippen molar-refractivity contribution in [1.82, 2.24) is 4.72 Å². The minimum atomic E-state index is -3.82. The van der Waals surface area contributed by atoms with Crippen LogP contribution in [0.1, 0.15) is 17.5 Å². The standard InChI is InChI=1S/C12H18N2O4S2/c1-8-3-4-9(2)12(11(8)13)20(17,18)14-10-5-6-19(15,16)7-10/h3-4,10,14H,5-7,13H2,1-2H3. The third-order valence-electron chi connectivity index (χ3n) is 3.43. The van der Waals surface area contributed by atoms with Crippen LogP contribution in [-0.2, 0) is 19.9 Å². The molecule has 1 aliphatic heterocycles. The van der Waals surface area contributed by atoms with Gasteiger partial charge in [0.1, 0.15) is 4.90 Å². The van der Waals surface area contributed by atoms with Gasteiger partial charge in [-0.25, -0.2) is 21.6 Å². The van der Waals surface area contributed by atoms with Gasteiger partial charge in [0.25, 0.3) is 0 Å². The molecule has 3 N–H and O–H groups in total. The van der Waals surface area contributed by atoms with E-state index in [1.165, 1.54) is 0 Å². The van der Waals surface area contributed by atoms with Gasteiger partial charge in [-0.1, -0.05) is 12.1 Å². The van der Waals surface area contributed by atoms with E-state index < -0.39 is 25.9 Å². The van der Waals surface area contributed by atoms with Crippen LogP contribution in [0.25, 0.3) is 0 Å². The maximum absolute atomic E-state index is 12.4. The molecule has 1 fully saturated rings. The van der Waals surface area contributed by atoms with Crippen molar-refractivity contribution in [1.29, 1.82) is 0 Å². The van der Waals surface area contributed by atoms with Crippen LogP contribution >= 0.6 is 0 Å². The molecule has 1 aromatic rings. The van der Waals surface area contributed by atoms with Gasteiger partial charge in [-0.15, -0.1) is 0 Å². The number of nitrogens with one attached hydrogen (secondary N) is 1. The molecule has 1 atom stereocenters. The van der Waals surface area contributed by atoms with Gasteiger partial charge < -0.3 is 5.73 Å². The number of nitrogen functional groups attached to an aromatic ring is 1. The van der Waals surface area contributed by atoms with Crippen LogP contribution in [-0.4, -0.2) is 34.4 Å². The van der Waals surface area contributed by atoms with Crippen molar-refractivity contribution in [2.45, 2.75) is 31.2 Å². The van der Waals surface area contributed by atoms with E-state index in [4.69, 9.17) is 5.73 Å². The molecular formula is C12H18N2O4S2. The number of nitrogens with two attached hydrogens (primary N) is 1. The summed E-state index contributed by atoms with van der Waals surface area (Å²) in [5.41, 5.74) is 7.29. The zero-order valence-electron chi connectivity index (χ0n) is 11.4. The lowest BCUT2D eigenvalue weighted by Gasteiger charge is -2.16. The Morgan fingerprint density at radius 3 is 2.40 bits per heavy atom. The van der Waals surface area contributed by atoms with Crippen LogP contribution in [0.3, 0.4) is 0 Å². The summed E-state index contributed by atoms with van der Waals surface area (Å²) in [4.78, 5) is 0.0433. The highest BCUT2D eigenvalue weighted by atomic mass is 32.2. The number of sulfonamides is 1. The monoisotopic (exact) mass is 318 g/mol. The molecule has 0 amide bonds. The van der Waals surface area contributed by atoms with E-state index in [1.54, 1.807) is 26.0 Å². The molecule has 1 aromatic carbocycles. The van der Waals surface area contributed by atoms with Gasteiger partial charge in [-0.05, 0) is 31.4 Å². The molecule has 0 aliphatic carbocycles. The Morgan fingerprint density at radius 1 is 1.25 bits per heavy atom. The molecule has 0 aromatic heterocycles. The average Bonchev–Trinajstić information content (AvgIpc) is 2.62. The molecule has 1 aliphatic rings. The number of hydrogen-bond donors (Lipinski definition) is 2. The van der Waals surface area contributed by atoms with Gasteiger partial charge in [0.15, 0.2) is 9.84 Å². The predicted octanol–water partition coefficient (Wildman–Crippen LogP) is 0.351. The number of sulfone groups is 1. The zero-order valence-corrected chi connectivity index (χ0v) is 13.0. The van der Waals surface area contributed by atoms with Crippen LogP contribution in [0, 0.1) is 13.8 Å². The number of rotatable bonds is 3. The van der Waals surface area contributed by atoms with Crippen molar-refractivity contribution in [2.75, 3.05) is 17.2 Å². The normalized spacial score (nSPS) is 22.0. The fraction of sp³-hybridized carbons (Fsp3) is 0.500. The molecule has 1 unspecified atom stereocenters. The highest BCUT2D eigenvalue weighted by molar-refractivity contribution is 7.92. The number of anilines is 1. The molecule has 6 nitrogen and oxygen atoms in total. The van der Waals surface area contributed by atoms with E-state index in [1.807, 2.05) is 0 Å². The largest absolute Gasteiger partial charge is 0.397 e. The molecule has 0 bridgehead atoms. The first-order chi connectivity index (χ1) is 9.12. The highest BCUT2D eigenvalue weighted by Crippen LogP contribution is 2.26. The van der Waals surface area contributed by atoms with Gasteiger partial charge in [-0.3, -0.25) is 0 Å². The van der Waals surface area contributed by atoms with Crippen LogP contribution in [0.15, 0.2) is 17.0 Å². The molecule has 0 radical (unpaired) electrons. The smallest absolute Gasteiger partial charge is 0.243 e. The molecule has 1 saturated heterocycles. The SMILES string of the molecule is Cc1ccc(C)c(S(=O)(=O)NC2CCS(=O)(=O)C2)c1N. The molecule has 2 rings (SSSR count). The van der Waals surface area contributed by atoms with Crippen molar-refractivity contribution in [3.63, 3.8) is 0 Å². The van der Waals surface area contributed by atoms with E-state index in [0.717, 1.165) is 0 Å². The second-order valence-corrected chi connectivity index (χ2v) is 9.04. The van der Waals surface area contributed by atoms with E-state index in [9.17, 15) is 16.8 Å². The molecule has 1 heterocycles. The summed E-state index contributed by atoms with van der Waals surface area (Å²) in [6, 6.07) is 2.86. The quantitative estimate of drug-likeness (QED) is 0.782. The Balaban J connectivity index is 2.35. The molecule has 0 saturated carbocycles. The maximum atomic E-state index is 12.4. The van der Waals surface area contributed by atoms with Crippen molar-refractivity contribution < 1.29 is 16.8 Å². The highest BCUT2D eigenvalue weighted by Gasteiger charge is 2.32. The van der Waals surface area contributed by atoms with Gasteiger partial charge >= 0.3 is 0 Å². The minimum Gasteiger partial charge on any atom is -0.397 e. The van der Waals surface area contributed by atoms with Crippen LogP contribution < -0.4 is 10.5 Å². The summed E-state index contributed by atoms with van der Waals surface area (Å²) in [5, 5.41) is 0. The van der Waals surface area contributed by atoms with E-state index in [-0.39, 0.29) is 22.1 Å². The summed E-state index contributed by atoms with van der Waals surface area (Å²) < 4.78 is 50.0. The predicted molar refractivity (Wildman–Crippen MR) is 77.7 cm³/mol. The van der Waals surface area contributed by atoms with Gasteiger partial charge in [0, 0.05) is 6.04 Å². The Morgan fingerprint density at radius 2 is 1.85 bits per heavy atom. The van der Waals surface area contributed by atoms with Crippen molar-refractivity contribution in [3.05, 3.63) is 23.3 Å². The van der Waals surface area contributed by atoms with Gasteiger partial charge in [-0.2, -0.15) is 0 Å². The third-order valence-corrected chi connectivity index (χ3v) is 6.92. The molecule has 8 heteroatoms. The third kappa shape index (κ3) is 2.97. The summed E-state index contributed by atoms with van der Waals surface area (Å²) in [5.74, 6) is -0.139. The lowest BCUT2D eigenvalue weighted by molar-refractivity contribution is 0.562. The lowest BCUT2D eigenvalue weighted by atomic mass is 10.1. The summed E-state index contributed by atoms with van der Waals surface area (Å²) in [6.45, 7) is 3.39. The number of hydrogen-bond acceptors (Lipinski definition) is 5. The first-order valence-electron chi connectivity index (χ1n) is 6.21. The molecule has 112 valence electrons. The molecular weight excluding hydrogens is 300 g/mol. The van der Waals surface area contributed by atoms with Crippen LogP contribution in [0.2, 0.25) is 0 Å². The Labute approximate surface area is 119 Å². The van der Waals surface area contributed by atoms with Crippen LogP contribution in [0.5, 0.6) is 0 Å². The molecule has 0 spiro atoms. The van der Waals surface area contributed by atoms with Gasteiger partial charge in [0.2, 0.25) is 10.0 Å². The number of benzene rings is 1. The zero-order chi connectivity index (χ0) is 15.1. The first kappa shape index (κ1) is 15.3. The van der Waals surface area contributed by atoms with E-state index >= 15 is 0 Å². The van der Waals surface area contributed by atoms with Gasteiger partial charge in [0.05, 0.1) is 17.2 Å². The first-order valence-corrected chi connectivity index (χ1v) is 9.51. The second kappa shape index (κ2) is 5.01. The lowest BCUT2D eigenvalue weighted by Crippen LogP contribution is -2.36. The van der Waals surface area contributed by atoms with E-state index in [2.05, 4.69) is 4.72 Å². The topological polar surface area (TPSA) is 106 Å². The Kier molecular flexibility index (Phi) is 3.83. The Bertz CT molecular complexity index is 739. The minimum absolute atomic E-state index is 0.0163. The maximum Gasteiger partial charge on any atom is 0.243 e. The Hall–Kier alpha value is -1.12. The van der Waals surface area contributed by atoms with Crippen LogP contribution in [0.4, 0.5) is 5.69 Å². The average molecular weight is 318 g/mol.